The lowest BCUT2D eigenvalue weighted by molar-refractivity contribution is 0.132. The Morgan fingerprint density at radius 1 is 1.80 bits per heavy atom. The van der Waals surface area contributed by atoms with Gasteiger partial charge in [-0.25, -0.2) is 4.79 Å². The van der Waals surface area contributed by atoms with Crippen LogP contribution in [0.3, 0.4) is 0 Å². The largest absolute Gasteiger partial charge is 0.453 e. The normalized spacial score (nSPS) is 25.0. The van der Waals surface area contributed by atoms with Crippen molar-refractivity contribution in [2.75, 3.05) is 20.2 Å². The summed E-state index contributed by atoms with van der Waals surface area (Å²) in [6.07, 6.45) is 0.614. The van der Waals surface area contributed by atoms with Crippen molar-refractivity contribution in [3.8, 4) is 0 Å². The summed E-state index contributed by atoms with van der Waals surface area (Å²) < 4.78 is 4.51. The maximum absolute atomic E-state index is 10.8. The second-order valence-corrected chi connectivity index (χ2v) is 2.46. The highest BCUT2D eigenvalue weighted by Crippen LogP contribution is 2.07. The lowest BCUT2D eigenvalue weighted by Crippen LogP contribution is -2.31. The summed E-state index contributed by atoms with van der Waals surface area (Å²) in [5.74, 6) is 0. The molecule has 0 aromatic heterocycles. The van der Waals surface area contributed by atoms with Crippen molar-refractivity contribution in [2.24, 2.45) is 5.73 Å². The van der Waals surface area contributed by atoms with Gasteiger partial charge in [0.1, 0.15) is 0 Å². The van der Waals surface area contributed by atoms with Gasteiger partial charge in [-0.15, -0.1) is 0 Å². The first-order valence-corrected chi connectivity index (χ1v) is 3.32. The molecule has 0 aliphatic carbocycles. The number of amides is 1. The maximum atomic E-state index is 10.8. The van der Waals surface area contributed by atoms with Gasteiger partial charge in [-0.2, -0.15) is 0 Å². The molecule has 0 radical (unpaired) electrons. The van der Waals surface area contributed by atoms with Crippen LogP contribution in [0.15, 0.2) is 0 Å². The van der Waals surface area contributed by atoms with E-state index in [-0.39, 0.29) is 12.1 Å². The van der Waals surface area contributed by atoms with E-state index in [1.807, 2.05) is 0 Å². The fourth-order valence-corrected chi connectivity index (χ4v) is 1.08. The van der Waals surface area contributed by atoms with Crippen LogP contribution in [0.4, 0.5) is 4.79 Å². The van der Waals surface area contributed by atoms with Gasteiger partial charge in [0, 0.05) is 19.1 Å². The van der Waals surface area contributed by atoms with Crippen LogP contribution in [0.2, 0.25) is 0 Å². The number of hydrogen-bond acceptors (Lipinski definition) is 3. The van der Waals surface area contributed by atoms with Crippen LogP contribution < -0.4 is 5.73 Å². The van der Waals surface area contributed by atoms with E-state index >= 15 is 0 Å². The van der Waals surface area contributed by atoms with Gasteiger partial charge in [-0.1, -0.05) is 0 Å². The summed E-state index contributed by atoms with van der Waals surface area (Å²) in [7, 11) is 1.38. The van der Waals surface area contributed by atoms with E-state index in [2.05, 4.69) is 4.74 Å². The standard InChI is InChI=1S/C6H12N2O2/c1-10-6(9)8-3-2-5(7)4-8/h5H,2-4,7H2,1H3. The molecule has 4 heteroatoms. The molecule has 1 amide bonds. The van der Waals surface area contributed by atoms with Gasteiger partial charge in [0.25, 0.3) is 0 Å². The maximum Gasteiger partial charge on any atom is 0.409 e. The van der Waals surface area contributed by atoms with Gasteiger partial charge < -0.3 is 15.4 Å². The Balaban J connectivity index is 2.37. The topological polar surface area (TPSA) is 55.6 Å². The molecule has 0 bridgehead atoms. The van der Waals surface area contributed by atoms with Gasteiger partial charge in [-0.3, -0.25) is 0 Å². The van der Waals surface area contributed by atoms with E-state index in [1.54, 1.807) is 4.90 Å². The van der Waals surface area contributed by atoms with Crippen LogP contribution in [0, 0.1) is 0 Å². The van der Waals surface area contributed by atoms with Gasteiger partial charge >= 0.3 is 6.09 Å². The Morgan fingerprint density at radius 2 is 2.50 bits per heavy atom. The minimum Gasteiger partial charge on any atom is -0.453 e. The summed E-state index contributed by atoms with van der Waals surface area (Å²) in [5, 5.41) is 0. The first-order chi connectivity index (χ1) is 4.74. The number of carbonyl (C=O) groups is 1. The first-order valence-electron chi connectivity index (χ1n) is 3.32. The second kappa shape index (κ2) is 2.88. The molecule has 1 aliphatic heterocycles. The van der Waals surface area contributed by atoms with Gasteiger partial charge in [-0.05, 0) is 6.42 Å². The van der Waals surface area contributed by atoms with E-state index in [1.165, 1.54) is 7.11 Å². The van der Waals surface area contributed by atoms with E-state index in [0.717, 1.165) is 13.0 Å². The molecule has 58 valence electrons. The Hall–Kier alpha value is -0.770. The summed E-state index contributed by atoms with van der Waals surface area (Å²) in [6, 6.07) is 0.138. The number of nitrogens with two attached hydrogens (primary N) is 1. The number of nitrogens with zero attached hydrogens (tertiary/aromatic N) is 1. The summed E-state index contributed by atoms with van der Waals surface area (Å²) in [5.41, 5.74) is 5.57. The molecule has 1 atom stereocenters. The molecule has 1 heterocycles. The van der Waals surface area contributed by atoms with E-state index in [0.29, 0.717) is 6.54 Å². The molecule has 1 aliphatic rings. The van der Waals surface area contributed by atoms with Gasteiger partial charge in [0.05, 0.1) is 7.11 Å². The number of methoxy groups -OCH3 is 1. The van der Waals surface area contributed by atoms with Crippen molar-refractivity contribution in [1.82, 2.24) is 4.90 Å². The average molecular weight is 144 g/mol. The van der Waals surface area contributed by atoms with Crippen molar-refractivity contribution >= 4 is 6.09 Å². The molecule has 4 nitrogen and oxygen atoms in total. The quantitative estimate of drug-likeness (QED) is 0.511. The monoisotopic (exact) mass is 144 g/mol. The van der Waals surface area contributed by atoms with Crippen molar-refractivity contribution in [3.05, 3.63) is 0 Å². The van der Waals surface area contributed by atoms with Crippen LogP contribution in [-0.2, 0) is 4.74 Å². The Kier molecular flexibility index (Phi) is 2.11. The zero-order valence-corrected chi connectivity index (χ0v) is 6.04. The highest BCUT2D eigenvalue weighted by atomic mass is 16.5. The van der Waals surface area contributed by atoms with Crippen molar-refractivity contribution in [3.63, 3.8) is 0 Å². The number of ether oxygens (including phenoxy) is 1. The van der Waals surface area contributed by atoms with Crippen LogP contribution in [0.25, 0.3) is 0 Å². The molecule has 10 heavy (non-hydrogen) atoms. The Morgan fingerprint density at radius 3 is 2.90 bits per heavy atom. The summed E-state index contributed by atoms with van der Waals surface area (Å²) >= 11 is 0. The SMILES string of the molecule is COC(=O)N1CCC(N)C1. The van der Waals surface area contributed by atoms with Crippen molar-refractivity contribution < 1.29 is 9.53 Å². The van der Waals surface area contributed by atoms with Crippen LogP contribution >= 0.6 is 0 Å². The molecule has 1 unspecified atom stereocenters. The number of likely N-dealkylation sites (tertiary alicyclic amines) is 1. The molecule has 0 spiro atoms. The van der Waals surface area contributed by atoms with Crippen molar-refractivity contribution in [1.29, 1.82) is 0 Å². The molecule has 1 fully saturated rings. The minimum atomic E-state index is -0.270. The predicted molar refractivity (Wildman–Crippen MR) is 36.6 cm³/mol. The minimum absolute atomic E-state index is 0.138. The second-order valence-electron chi connectivity index (χ2n) is 2.46. The third-order valence-corrected chi connectivity index (χ3v) is 1.66. The Labute approximate surface area is 59.9 Å². The predicted octanol–water partition coefficient (Wildman–Crippen LogP) is -0.214. The molecule has 0 saturated carbocycles. The first kappa shape index (κ1) is 7.34. The third-order valence-electron chi connectivity index (χ3n) is 1.66. The number of hydrogen-bond donors (Lipinski definition) is 1. The molecule has 0 aromatic carbocycles. The summed E-state index contributed by atoms with van der Waals surface area (Å²) in [6.45, 7) is 1.36. The third kappa shape index (κ3) is 1.39. The van der Waals surface area contributed by atoms with Crippen molar-refractivity contribution in [2.45, 2.75) is 12.5 Å². The zero-order valence-electron chi connectivity index (χ0n) is 6.04. The fraction of sp³-hybridized carbons (Fsp3) is 0.833. The highest BCUT2D eigenvalue weighted by Gasteiger charge is 2.23. The van der Waals surface area contributed by atoms with E-state index in [9.17, 15) is 4.79 Å². The molecular weight excluding hydrogens is 132 g/mol. The smallest absolute Gasteiger partial charge is 0.409 e. The van der Waals surface area contributed by atoms with Gasteiger partial charge in [0.2, 0.25) is 0 Å². The van der Waals surface area contributed by atoms with Crippen LogP contribution in [-0.4, -0.2) is 37.2 Å². The number of rotatable bonds is 0. The van der Waals surface area contributed by atoms with Crippen LogP contribution in [0.5, 0.6) is 0 Å². The lowest BCUT2D eigenvalue weighted by Gasteiger charge is -2.12. The highest BCUT2D eigenvalue weighted by molar-refractivity contribution is 5.67. The summed E-state index contributed by atoms with van der Waals surface area (Å²) in [4.78, 5) is 12.4. The number of carbonyl (C=O) groups excluding carboxylic acids is 1. The van der Waals surface area contributed by atoms with Gasteiger partial charge in [0.15, 0.2) is 0 Å². The Bertz CT molecular complexity index is 138. The zero-order chi connectivity index (χ0) is 7.56. The average Bonchev–Trinajstić information content (AvgIpc) is 2.34. The molecule has 0 aromatic rings. The van der Waals surface area contributed by atoms with E-state index in [4.69, 9.17) is 5.73 Å². The van der Waals surface area contributed by atoms with E-state index < -0.39 is 0 Å². The molecule has 1 saturated heterocycles. The van der Waals surface area contributed by atoms with Crippen LogP contribution in [0.1, 0.15) is 6.42 Å². The molecule has 2 N–H and O–H groups in total. The molecule has 1 rings (SSSR count). The fourth-order valence-electron chi connectivity index (χ4n) is 1.08. The lowest BCUT2D eigenvalue weighted by atomic mass is 10.3. The molecular formula is C6H12N2O2.